The second kappa shape index (κ2) is 8.65. The number of ether oxygens (including phenoxy) is 1. The molecule has 0 aliphatic heterocycles. The quantitative estimate of drug-likeness (QED) is 0.614. The molecule has 7 heteroatoms. The molecule has 1 atom stereocenters. The number of fused-ring (bicyclic) bond motifs is 3. The summed E-state index contributed by atoms with van der Waals surface area (Å²) in [5.41, 5.74) is 3.38. The van der Waals surface area contributed by atoms with E-state index in [1.165, 1.54) is 0 Å². The van der Waals surface area contributed by atoms with Gasteiger partial charge >= 0.3 is 12.1 Å². The van der Waals surface area contributed by atoms with Gasteiger partial charge in [0.1, 0.15) is 18.2 Å². The number of hydrogen-bond donors (Lipinski definition) is 3. The van der Waals surface area contributed by atoms with Gasteiger partial charge < -0.3 is 20.5 Å². The first-order valence-electron chi connectivity index (χ1n) is 11.0. The number of carbonyl (C=O) groups excluding carboxylic acids is 2. The van der Waals surface area contributed by atoms with Gasteiger partial charge in [0, 0.05) is 5.92 Å². The molecule has 2 aliphatic carbocycles. The van der Waals surface area contributed by atoms with Crippen molar-refractivity contribution in [1.29, 1.82) is 0 Å². The van der Waals surface area contributed by atoms with Crippen molar-refractivity contribution in [1.82, 2.24) is 10.6 Å². The summed E-state index contributed by atoms with van der Waals surface area (Å²) < 4.78 is 5.57. The molecule has 2 aliphatic rings. The molecule has 0 aromatic heterocycles. The van der Waals surface area contributed by atoms with Gasteiger partial charge in [0.05, 0.1) is 0 Å². The van der Waals surface area contributed by atoms with Gasteiger partial charge in [-0.25, -0.2) is 9.59 Å². The van der Waals surface area contributed by atoms with Crippen molar-refractivity contribution in [3.05, 3.63) is 59.7 Å². The van der Waals surface area contributed by atoms with E-state index in [4.69, 9.17) is 4.74 Å². The molecule has 0 saturated heterocycles. The van der Waals surface area contributed by atoms with Crippen LogP contribution in [0.3, 0.4) is 0 Å². The van der Waals surface area contributed by atoms with Crippen molar-refractivity contribution in [2.45, 2.75) is 50.6 Å². The number of rotatable bonds is 7. The van der Waals surface area contributed by atoms with E-state index in [0.29, 0.717) is 12.8 Å². The minimum absolute atomic E-state index is 0.0725. The van der Waals surface area contributed by atoms with E-state index >= 15 is 0 Å². The molecule has 4 rings (SSSR count). The van der Waals surface area contributed by atoms with Crippen LogP contribution in [-0.2, 0) is 14.3 Å². The van der Waals surface area contributed by atoms with Crippen LogP contribution in [0.1, 0.15) is 50.2 Å². The minimum Gasteiger partial charge on any atom is -0.480 e. The Kier molecular flexibility index (Phi) is 5.91. The number of alkyl carbamates (subject to hydrolysis) is 1. The van der Waals surface area contributed by atoms with Crippen LogP contribution in [0.2, 0.25) is 0 Å². The normalized spacial score (nSPS) is 17.0. The maximum atomic E-state index is 12.8. The zero-order valence-electron chi connectivity index (χ0n) is 18.3. The van der Waals surface area contributed by atoms with E-state index in [1.807, 2.05) is 36.4 Å². The van der Waals surface area contributed by atoms with E-state index in [0.717, 1.165) is 28.7 Å². The van der Waals surface area contributed by atoms with Gasteiger partial charge in [-0.05, 0) is 47.4 Å². The third-order valence-electron chi connectivity index (χ3n) is 6.55. The number of carboxylic acid groups (broad SMARTS) is 1. The van der Waals surface area contributed by atoms with Gasteiger partial charge in [0.2, 0.25) is 5.91 Å². The van der Waals surface area contributed by atoms with Crippen molar-refractivity contribution >= 4 is 18.0 Å². The lowest BCUT2D eigenvalue weighted by Gasteiger charge is -2.41. The minimum atomic E-state index is -1.12. The Balaban J connectivity index is 1.42. The van der Waals surface area contributed by atoms with Crippen LogP contribution in [0.4, 0.5) is 4.79 Å². The lowest BCUT2D eigenvalue weighted by Crippen LogP contribution is -2.65. The van der Waals surface area contributed by atoms with Gasteiger partial charge in [-0.3, -0.25) is 4.79 Å². The molecule has 2 aromatic rings. The molecular weight excluding hydrogens is 408 g/mol. The van der Waals surface area contributed by atoms with Crippen molar-refractivity contribution in [3.63, 3.8) is 0 Å². The van der Waals surface area contributed by atoms with Crippen LogP contribution in [0, 0.1) is 5.92 Å². The van der Waals surface area contributed by atoms with Gasteiger partial charge in [0.25, 0.3) is 0 Å². The Morgan fingerprint density at radius 2 is 1.59 bits per heavy atom. The maximum absolute atomic E-state index is 12.8. The molecule has 0 unspecified atom stereocenters. The molecule has 32 heavy (non-hydrogen) atoms. The van der Waals surface area contributed by atoms with E-state index < -0.39 is 29.6 Å². The molecule has 0 spiro atoms. The lowest BCUT2D eigenvalue weighted by molar-refractivity contribution is -0.145. The van der Waals surface area contributed by atoms with E-state index in [9.17, 15) is 19.5 Å². The van der Waals surface area contributed by atoms with Gasteiger partial charge in [0.15, 0.2) is 0 Å². The van der Waals surface area contributed by atoms with Crippen molar-refractivity contribution in [2.24, 2.45) is 5.92 Å². The summed E-state index contributed by atoms with van der Waals surface area (Å²) in [5.74, 6) is -1.91. The van der Waals surface area contributed by atoms with Gasteiger partial charge in [-0.2, -0.15) is 0 Å². The smallest absolute Gasteiger partial charge is 0.408 e. The second-order valence-corrected chi connectivity index (χ2v) is 8.92. The first-order valence-corrected chi connectivity index (χ1v) is 11.0. The fourth-order valence-corrected chi connectivity index (χ4v) is 4.56. The highest BCUT2D eigenvalue weighted by molar-refractivity contribution is 5.93. The zero-order chi connectivity index (χ0) is 22.9. The molecule has 0 bridgehead atoms. The maximum Gasteiger partial charge on any atom is 0.408 e. The number of carboxylic acids is 1. The predicted molar refractivity (Wildman–Crippen MR) is 119 cm³/mol. The summed E-state index contributed by atoms with van der Waals surface area (Å²) in [4.78, 5) is 37.0. The standard InChI is InChI=1S/C25H28N2O5/c1-15(2)21(22(28)29)26-23(30)25(12-7-13-25)27-24(31)32-14-20-18-10-5-3-8-16(18)17-9-4-6-11-19(17)20/h3-6,8-11,15,20-21H,7,12-14H2,1-2H3,(H,26,30)(H,27,31)(H,28,29)/t21-/m0/s1. The SMILES string of the molecule is CC(C)[C@H](NC(=O)C1(NC(=O)OCC2c3ccccc3-c3ccccc32)CCC1)C(=O)O. The topological polar surface area (TPSA) is 105 Å². The summed E-state index contributed by atoms with van der Waals surface area (Å²) in [7, 11) is 0. The number of aliphatic carboxylic acids is 1. The van der Waals surface area contributed by atoms with Crippen molar-refractivity contribution < 1.29 is 24.2 Å². The molecule has 3 N–H and O–H groups in total. The van der Waals surface area contributed by atoms with Crippen molar-refractivity contribution in [3.8, 4) is 11.1 Å². The van der Waals surface area contributed by atoms with Crippen LogP contribution in [0.25, 0.3) is 11.1 Å². The first kappa shape index (κ1) is 21.9. The Bertz CT molecular complexity index is 999. The zero-order valence-corrected chi connectivity index (χ0v) is 18.3. The number of amides is 2. The molecule has 0 heterocycles. The molecule has 2 aromatic carbocycles. The van der Waals surface area contributed by atoms with E-state index in [-0.39, 0.29) is 18.4 Å². The molecular formula is C25H28N2O5. The van der Waals surface area contributed by atoms with Gasteiger partial charge in [-0.1, -0.05) is 62.4 Å². The molecule has 7 nitrogen and oxygen atoms in total. The van der Waals surface area contributed by atoms with Crippen LogP contribution in [-0.4, -0.2) is 41.3 Å². The van der Waals surface area contributed by atoms with E-state index in [2.05, 4.69) is 22.8 Å². The summed E-state index contributed by atoms with van der Waals surface area (Å²) in [5, 5.41) is 14.7. The third-order valence-corrected chi connectivity index (χ3v) is 6.55. The number of hydrogen-bond acceptors (Lipinski definition) is 4. The largest absolute Gasteiger partial charge is 0.480 e. The van der Waals surface area contributed by atoms with Crippen LogP contribution >= 0.6 is 0 Å². The third kappa shape index (κ3) is 3.95. The summed E-state index contributed by atoms with van der Waals surface area (Å²) in [6, 6.07) is 15.1. The second-order valence-electron chi connectivity index (χ2n) is 8.92. The highest BCUT2D eigenvalue weighted by Gasteiger charge is 2.47. The molecule has 1 fully saturated rings. The Morgan fingerprint density at radius 1 is 1.03 bits per heavy atom. The number of benzene rings is 2. The highest BCUT2D eigenvalue weighted by Crippen LogP contribution is 2.44. The molecule has 0 radical (unpaired) electrons. The average Bonchev–Trinajstić information content (AvgIpc) is 3.06. The molecule has 1 saturated carbocycles. The highest BCUT2D eigenvalue weighted by atomic mass is 16.5. The van der Waals surface area contributed by atoms with Crippen LogP contribution < -0.4 is 10.6 Å². The Morgan fingerprint density at radius 3 is 2.06 bits per heavy atom. The van der Waals surface area contributed by atoms with Gasteiger partial charge in [-0.15, -0.1) is 0 Å². The molecule has 2 amide bonds. The summed E-state index contributed by atoms with van der Waals surface area (Å²) >= 11 is 0. The lowest BCUT2D eigenvalue weighted by atomic mass is 9.75. The van der Waals surface area contributed by atoms with Crippen LogP contribution in [0.15, 0.2) is 48.5 Å². The Hall–Kier alpha value is -3.35. The Labute approximate surface area is 187 Å². The van der Waals surface area contributed by atoms with Crippen molar-refractivity contribution in [2.75, 3.05) is 6.61 Å². The summed E-state index contributed by atoms with van der Waals surface area (Å²) in [6.45, 7) is 3.61. The monoisotopic (exact) mass is 436 g/mol. The first-order chi connectivity index (χ1) is 15.3. The number of nitrogens with one attached hydrogen (secondary N) is 2. The fraction of sp³-hybridized carbons (Fsp3) is 0.400. The predicted octanol–water partition coefficient (Wildman–Crippen LogP) is 3.67. The van der Waals surface area contributed by atoms with Crippen LogP contribution in [0.5, 0.6) is 0 Å². The van der Waals surface area contributed by atoms with E-state index in [1.54, 1.807) is 13.8 Å². The summed E-state index contributed by atoms with van der Waals surface area (Å²) in [6.07, 6.45) is 1.01. The molecule has 168 valence electrons. The number of carbonyl (C=O) groups is 3. The average molecular weight is 437 g/mol. The fourth-order valence-electron chi connectivity index (χ4n) is 4.56.